The van der Waals surface area contributed by atoms with Crippen LogP contribution in [-0.2, 0) is 7.05 Å². The van der Waals surface area contributed by atoms with Gasteiger partial charge >= 0.3 is 0 Å². The van der Waals surface area contributed by atoms with E-state index in [4.69, 9.17) is 4.74 Å². The van der Waals surface area contributed by atoms with Gasteiger partial charge in [0.05, 0.1) is 25.0 Å². The van der Waals surface area contributed by atoms with Gasteiger partial charge in [-0.1, -0.05) is 12.1 Å². The van der Waals surface area contributed by atoms with Gasteiger partial charge < -0.3 is 10.1 Å². The molecular formula is C18H21N5O2. The van der Waals surface area contributed by atoms with Gasteiger partial charge in [-0.15, -0.1) is 0 Å². The van der Waals surface area contributed by atoms with E-state index >= 15 is 0 Å². The third-order valence-corrected chi connectivity index (χ3v) is 4.28. The summed E-state index contributed by atoms with van der Waals surface area (Å²) in [4.78, 5) is 12.5. The monoisotopic (exact) mass is 339 g/mol. The van der Waals surface area contributed by atoms with E-state index in [-0.39, 0.29) is 11.9 Å². The molecule has 0 saturated heterocycles. The number of carbonyl (C=O) groups is 1. The van der Waals surface area contributed by atoms with Gasteiger partial charge in [-0.2, -0.15) is 10.2 Å². The Morgan fingerprint density at radius 3 is 2.84 bits per heavy atom. The Hall–Kier alpha value is -3.09. The lowest BCUT2D eigenvalue weighted by molar-refractivity contribution is 0.0934. The van der Waals surface area contributed by atoms with Crippen molar-refractivity contribution < 1.29 is 9.53 Å². The number of carbonyl (C=O) groups excluding carboxylic acids is 1. The fourth-order valence-electron chi connectivity index (χ4n) is 2.66. The van der Waals surface area contributed by atoms with Gasteiger partial charge in [0.2, 0.25) is 0 Å². The van der Waals surface area contributed by atoms with Crippen LogP contribution >= 0.6 is 0 Å². The van der Waals surface area contributed by atoms with Crippen LogP contribution in [0.4, 0.5) is 0 Å². The molecule has 0 aliphatic rings. The van der Waals surface area contributed by atoms with Crippen LogP contribution in [0.3, 0.4) is 0 Å². The van der Waals surface area contributed by atoms with Crippen LogP contribution in [0.25, 0.3) is 11.3 Å². The van der Waals surface area contributed by atoms with E-state index in [0.29, 0.717) is 11.4 Å². The molecule has 7 nitrogen and oxygen atoms in total. The van der Waals surface area contributed by atoms with E-state index in [2.05, 4.69) is 20.6 Å². The predicted molar refractivity (Wildman–Crippen MR) is 94.4 cm³/mol. The lowest BCUT2D eigenvalue weighted by Crippen LogP contribution is -2.27. The average molecular weight is 339 g/mol. The predicted octanol–water partition coefficient (Wildman–Crippen LogP) is 2.62. The number of H-pyrrole nitrogens is 1. The molecule has 7 heteroatoms. The smallest absolute Gasteiger partial charge is 0.269 e. The zero-order chi connectivity index (χ0) is 18.0. The van der Waals surface area contributed by atoms with Crippen LogP contribution in [0.1, 0.15) is 34.7 Å². The fraction of sp³-hybridized carbons (Fsp3) is 0.278. The summed E-state index contributed by atoms with van der Waals surface area (Å²) in [6.45, 7) is 3.91. The van der Waals surface area contributed by atoms with Crippen molar-refractivity contribution in [1.82, 2.24) is 25.3 Å². The Morgan fingerprint density at radius 2 is 2.16 bits per heavy atom. The van der Waals surface area contributed by atoms with Crippen molar-refractivity contribution in [2.24, 2.45) is 7.05 Å². The summed E-state index contributed by atoms with van der Waals surface area (Å²) in [5, 5.41) is 14.2. The topological polar surface area (TPSA) is 84.8 Å². The third kappa shape index (κ3) is 3.40. The molecule has 2 heterocycles. The summed E-state index contributed by atoms with van der Waals surface area (Å²) in [5.41, 5.74) is 3.99. The molecule has 25 heavy (non-hydrogen) atoms. The standard InChI is InChI=1S/C18H21N5O2/c1-11(15-10-19-23(3)12(15)2)20-18(24)17-9-16(21-22-17)13-6-5-7-14(8-13)25-4/h5-11H,1-4H3,(H,20,24)(H,21,22). The molecule has 2 N–H and O–H groups in total. The number of methoxy groups -OCH3 is 1. The van der Waals surface area contributed by atoms with Crippen molar-refractivity contribution in [3.8, 4) is 17.0 Å². The molecule has 130 valence electrons. The van der Waals surface area contributed by atoms with E-state index in [0.717, 1.165) is 22.6 Å². The van der Waals surface area contributed by atoms with Crippen molar-refractivity contribution in [3.63, 3.8) is 0 Å². The Balaban J connectivity index is 1.75. The van der Waals surface area contributed by atoms with Crippen LogP contribution in [0, 0.1) is 6.92 Å². The third-order valence-electron chi connectivity index (χ3n) is 4.28. The van der Waals surface area contributed by atoms with Crippen molar-refractivity contribution in [2.75, 3.05) is 7.11 Å². The number of ether oxygens (including phenoxy) is 1. The first kappa shape index (κ1) is 16.8. The van der Waals surface area contributed by atoms with Gasteiger partial charge in [-0.05, 0) is 32.0 Å². The second kappa shape index (κ2) is 6.80. The van der Waals surface area contributed by atoms with E-state index in [1.165, 1.54) is 0 Å². The van der Waals surface area contributed by atoms with Crippen LogP contribution in [-0.4, -0.2) is 33.0 Å². The number of hydrogen-bond acceptors (Lipinski definition) is 4. The molecule has 0 aliphatic heterocycles. The quantitative estimate of drug-likeness (QED) is 0.748. The first-order chi connectivity index (χ1) is 12.0. The van der Waals surface area contributed by atoms with Gasteiger partial charge in [0, 0.05) is 23.9 Å². The normalized spacial score (nSPS) is 12.0. The van der Waals surface area contributed by atoms with Gasteiger partial charge in [-0.25, -0.2) is 0 Å². The minimum absolute atomic E-state index is 0.148. The molecule has 0 radical (unpaired) electrons. The van der Waals surface area contributed by atoms with E-state index in [1.54, 1.807) is 24.1 Å². The number of rotatable bonds is 5. The van der Waals surface area contributed by atoms with E-state index in [9.17, 15) is 4.79 Å². The first-order valence-corrected chi connectivity index (χ1v) is 7.98. The molecule has 1 unspecified atom stereocenters. The molecule has 3 rings (SSSR count). The number of aryl methyl sites for hydroxylation is 1. The number of nitrogens with zero attached hydrogens (tertiary/aromatic N) is 3. The largest absolute Gasteiger partial charge is 0.497 e. The second-order valence-corrected chi connectivity index (χ2v) is 5.90. The number of aromatic amines is 1. The zero-order valence-corrected chi connectivity index (χ0v) is 14.7. The number of amides is 1. The highest BCUT2D eigenvalue weighted by molar-refractivity contribution is 5.93. The highest BCUT2D eigenvalue weighted by atomic mass is 16.5. The van der Waals surface area contributed by atoms with Gasteiger partial charge in [0.15, 0.2) is 0 Å². The summed E-state index contributed by atoms with van der Waals surface area (Å²) < 4.78 is 7.01. The lowest BCUT2D eigenvalue weighted by Gasteiger charge is -2.12. The lowest BCUT2D eigenvalue weighted by atomic mass is 10.1. The molecule has 1 amide bonds. The average Bonchev–Trinajstić information content (AvgIpc) is 3.23. The van der Waals surface area contributed by atoms with Crippen molar-refractivity contribution in [2.45, 2.75) is 19.9 Å². The summed E-state index contributed by atoms with van der Waals surface area (Å²) in [6, 6.07) is 9.12. The van der Waals surface area contributed by atoms with Gasteiger partial charge in [-0.3, -0.25) is 14.6 Å². The summed E-state index contributed by atoms with van der Waals surface area (Å²) in [7, 11) is 3.49. The SMILES string of the molecule is COc1cccc(-c2cc(C(=O)NC(C)c3cnn(C)c3C)[nH]n2)c1. The van der Waals surface area contributed by atoms with Crippen LogP contribution in [0.2, 0.25) is 0 Å². The fourth-order valence-corrected chi connectivity index (χ4v) is 2.66. The zero-order valence-electron chi connectivity index (χ0n) is 14.7. The summed E-state index contributed by atoms with van der Waals surface area (Å²) >= 11 is 0. The molecule has 2 aromatic heterocycles. The molecule has 0 fully saturated rings. The number of benzene rings is 1. The Bertz CT molecular complexity index is 897. The molecule has 0 spiro atoms. The summed E-state index contributed by atoms with van der Waals surface area (Å²) in [6.07, 6.45) is 1.77. The minimum atomic E-state index is -0.211. The van der Waals surface area contributed by atoms with Crippen molar-refractivity contribution >= 4 is 5.91 Å². The van der Waals surface area contributed by atoms with Crippen molar-refractivity contribution in [1.29, 1.82) is 0 Å². The van der Waals surface area contributed by atoms with Crippen LogP contribution in [0.5, 0.6) is 5.75 Å². The minimum Gasteiger partial charge on any atom is -0.497 e. The maximum Gasteiger partial charge on any atom is 0.269 e. The molecule has 3 aromatic rings. The number of hydrogen-bond donors (Lipinski definition) is 2. The van der Waals surface area contributed by atoms with E-state index in [1.807, 2.05) is 45.2 Å². The van der Waals surface area contributed by atoms with Crippen LogP contribution in [0.15, 0.2) is 36.5 Å². The van der Waals surface area contributed by atoms with E-state index < -0.39 is 0 Å². The maximum atomic E-state index is 12.5. The molecule has 1 atom stereocenters. The second-order valence-electron chi connectivity index (χ2n) is 5.90. The summed E-state index contributed by atoms with van der Waals surface area (Å²) in [5.74, 6) is 0.532. The van der Waals surface area contributed by atoms with Crippen molar-refractivity contribution in [3.05, 3.63) is 53.5 Å². The molecule has 0 saturated carbocycles. The Labute approximate surface area is 146 Å². The Morgan fingerprint density at radius 1 is 1.36 bits per heavy atom. The van der Waals surface area contributed by atoms with Gasteiger partial charge in [0.1, 0.15) is 11.4 Å². The maximum absolute atomic E-state index is 12.5. The molecule has 0 aliphatic carbocycles. The highest BCUT2D eigenvalue weighted by Gasteiger charge is 2.17. The molecule has 1 aromatic carbocycles. The number of aromatic nitrogens is 4. The highest BCUT2D eigenvalue weighted by Crippen LogP contribution is 2.23. The Kier molecular flexibility index (Phi) is 4.56. The molecule has 0 bridgehead atoms. The molecular weight excluding hydrogens is 318 g/mol. The van der Waals surface area contributed by atoms with Gasteiger partial charge in [0.25, 0.3) is 5.91 Å². The first-order valence-electron chi connectivity index (χ1n) is 7.98. The van der Waals surface area contributed by atoms with Crippen LogP contribution < -0.4 is 10.1 Å². The number of nitrogens with one attached hydrogen (secondary N) is 2.